The molecule has 80 valence electrons. The van der Waals surface area contributed by atoms with Gasteiger partial charge in [0.1, 0.15) is 0 Å². The molecule has 0 aromatic carbocycles. The molecule has 1 aliphatic rings. The Balaban J connectivity index is 2.17. The van der Waals surface area contributed by atoms with Crippen LogP contribution in [0.25, 0.3) is 0 Å². The fourth-order valence-corrected chi connectivity index (χ4v) is 1.27. The fourth-order valence-electron chi connectivity index (χ4n) is 1.27. The molecule has 1 saturated heterocycles. The number of carboxylic acids is 1. The van der Waals surface area contributed by atoms with Crippen molar-refractivity contribution in [3.8, 4) is 0 Å². The summed E-state index contributed by atoms with van der Waals surface area (Å²) in [6.07, 6.45) is 1.24. The van der Waals surface area contributed by atoms with Crippen LogP contribution in [0.4, 0.5) is 14.7 Å². The zero-order valence-corrected chi connectivity index (χ0v) is 7.52. The fraction of sp³-hybridized carbons (Fsp3) is 0.375. The van der Waals surface area contributed by atoms with Gasteiger partial charge in [-0.1, -0.05) is 0 Å². The summed E-state index contributed by atoms with van der Waals surface area (Å²) in [5, 5.41) is 8.63. The van der Waals surface area contributed by atoms with Crippen molar-refractivity contribution in [2.24, 2.45) is 0 Å². The van der Waals surface area contributed by atoms with Crippen LogP contribution < -0.4 is 4.90 Å². The Morgan fingerprint density at radius 2 is 2.20 bits per heavy atom. The van der Waals surface area contributed by atoms with E-state index >= 15 is 0 Å². The van der Waals surface area contributed by atoms with Crippen LogP contribution in [-0.4, -0.2) is 40.1 Å². The second-order valence-corrected chi connectivity index (χ2v) is 3.26. The van der Waals surface area contributed by atoms with Gasteiger partial charge in [0.05, 0.1) is 13.1 Å². The number of carbonyl (C=O) groups is 1. The molecule has 1 aromatic rings. The molecule has 1 aliphatic heterocycles. The molecule has 1 fully saturated rings. The van der Waals surface area contributed by atoms with Gasteiger partial charge in [-0.3, -0.25) is 0 Å². The standard InChI is InChI=1S/C8H7F2N3O2/c9-8(10)3-13(4-8)7-11-2-1-5(12-7)6(14)15/h1-2H,3-4H2,(H,14,15). The van der Waals surface area contributed by atoms with Crippen LogP contribution >= 0.6 is 0 Å². The Bertz CT molecular complexity index is 403. The highest BCUT2D eigenvalue weighted by atomic mass is 19.3. The van der Waals surface area contributed by atoms with Crippen molar-refractivity contribution in [1.29, 1.82) is 0 Å². The number of rotatable bonds is 2. The van der Waals surface area contributed by atoms with Crippen LogP contribution in [0.15, 0.2) is 12.3 Å². The smallest absolute Gasteiger partial charge is 0.354 e. The summed E-state index contributed by atoms with van der Waals surface area (Å²) in [6.45, 7) is -0.924. The summed E-state index contributed by atoms with van der Waals surface area (Å²) in [5.41, 5.74) is -0.199. The van der Waals surface area contributed by atoms with E-state index in [0.29, 0.717) is 0 Å². The average molecular weight is 215 g/mol. The van der Waals surface area contributed by atoms with Gasteiger partial charge in [-0.2, -0.15) is 0 Å². The lowest BCUT2D eigenvalue weighted by molar-refractivity contribution is -0.0271. The van der Waals surface area contributed by atoms with E-state index in [4.69, 9.17) is 5.11 Å². The molecule has 5 nitrogen and oxygen atoms in total. The van der Waals surface area contributed by atoms with Crippen molar-refractivity contribution < 1.29 is 18.7 Å². The third kappa shape index (κ3) is 1.85. The number of nitrogens with zero attached hydrogens (tertiary/aromatic N) is 3. The van der Waals surface area contributed by atoms with Crippen LogP contribution in [0, 0.1) is 0 Å². The number of halogens is 2. The Labute approximate surface area is 83.4 Å². The van der Waals surface area contributed by atoms with Crippen LogP contribution in [0.1, 0.15) is 10.5 Å². The summed E-state index contributed by atoms with van der Waals surface area (Å²) >= 11 is 0. The molecule has 0 radical (unpaired) electrons. The van der Waals surface area contributed by atoms with E-state index in [-0.39, 0.29) is 11.6 Å². The minimum absolute atomic E-state index is 0.0285. The molecule has 2 rings (SSSR count). The number of carboxylic acid groups (broad SMARTS) is 1. The molecule has 0 atom stereocenters. The number of hydrogen-bond acceptors (Lipinski definition) is 4. The van der Waals surface area contributed by atoms with Gasteiger partial charge in [-0.05, 0) is 6.07 Å². The molecular weight excluding hydrogens is 208 g/mol. The maximum atomic E-state index is 12.5. The zero-order chi connectivity index (χ0) is 11.1. The first kappa shape index (κ1) is 9.75. The van der Waals surface area contributed by atoms with Crippen molar-refractivity contribution >= 4 is 11.9 Å². The van der Waals surface area contributed by atoms with Gasteiger partial charge in [0.15, 0.2) is 5.69 Å². The predicted octanol–water partition coefficient (Wildman–Crippen LogP) is 0.630. The third-order valence-electron chi connectivity index (χ3n) is 1.99. The van der Waals surface area contributed by atoms with Gasteiger partial charge >= 0.3 is 5.97 Å². The summed E-state index contributed by atoms with van der Waals surface area (Å²) < 4.78 is 25.0. The van der Waals surface area contributed by atoms with Gasteiger partial charge in [0.25, 0.3) is 5.92 Å². The molecule has 0 unspecified atom stereocenters. The van der Waals surface area contributed by atoms with Crippen molar-refractivity contribution in [3.05, 3.63) is 18.0 Å². The highest BCUT2D eigenvalue weighted by Crippen LogP contribution is 2.29. The van der Waals surface area contributed by atoms with Crippen molar-refractivity contribution in [3.63, 3.8) is 0 Å². The lowest BCUT2D eigenvalue weighted by Gasteiger charge is -2.38. The third-order valence-corrected chi connectivity index (χ3v) is 1.99. The van der Waals surface area contributed by atoms with E-state index in [1.165, 1.54) is 17.2 Å². The van der Waals surface area contributed by atoms with E-state index in [0.717, 1.165) is 0 Å². The van der Waals surface area contributed by atoms with Crippen LogP contribution in [0.5, 0.6) is 0 Å². The van der Waals surface area contributed by atoms with E-state index < -0.39 is 25.0 Å². The highest BCUT2D eigenvalue weighted by molar-refractivity contribution is 5.85. The molecule has 0 amide bonds. The van der Waals surface area contributed by atoms with Crippen molar-refractivity contribution in [1.82, 2.24) is 9.97 Å². The number of alkyl halides is 2. The van der Waals surface area contributed by atoms with Crippen molar-refractivity contribution in [2.75, 3.05) is 18.0 Å². The van der Waals surface area contributed by atoms with E-state index in [1.54, 1.807) is 0 Å². The number of aromatic carboxylic acids is 1. The Morgan fingerprint density at radius 1 is 1.53 bits per heavy atom. The SMILES string of the molecule is O=C(O)c1ccnc(N2CC(F)(F)C2)n1. The topological polar surface area (TPSA) is 66.3 Å². The molecule has 0 spiro atoms. The van der Waals surface area contributed by atoms with E-state index in [9.17, 15) is 13.6 Å². The van der Waals surface area contributed by atoms with E-state index in [2.05, 4.69) is 9.97 Å². The summed E-state index contributed by atoms with van der Waals surface area (Å²) in [4.78, 5) is 19.2. The lowest BCUT2D eigenvalue weighted by Crippen LogP contribution is -2.57. The maximum absolute atomic E-state index is 12.5. The first-order valence-electron chi connectivity index (χ1n) is 4.17. The Kier molecular flexibility index (Phi) is 2.02. The second kappa shape index (κ2) is 3.11. The average Bonchev–Trinajstić information content (AvgIpc) is 2.14. The normalized spacial score (nSPS) is 18.4. The van der Waals surface area contributed by atoms with Gasteiger partial charge in [-0.25, -0.2) is 23.5 Å². The first-order valence-corrected chi connectivity index (χ1v) is 4.17. The van der Waals surface area contributed by atoms with E-state index in [1.807, 2.05) is 0 Å². The van der Waals surface area contributed by atoms with Crippen LogP contribution in [0.2, 0.25) is 0 Å². The van der Waals surface area contributed by atoms with Crippen LogP contribution in [0.3, 0.4) is 0 Å². The predicted molar refractivity (Wildman–Crippen MR) is 46.2 cm³/mol. The van der Waals surface area contributed by atoms with Gasteiger partial charge in [0.2, 0.25) is 5.95 Å². The highest BCUT2D eigenvalue weighted by Gasteiger charge is 2.45. The number of anilines is 1. The minimum atomic E-state index is -2.72. The van der Waals surface area contributed by atoms with Gasteiger partial charge < -0.3 is 10.0 Å². The molecule has 0 bridgehead atoms. The molecular formula is C8H7F2N3O2. The molecule has 7 heteroatoms. The summed E-state index contributed by atoms with van der Waals surface area (Å²) in [6, 6.07) is 1.21. The quantitative estimate of drug-likeness (QED) is 0.783. The Morgan fingerprint density at radius 3 is 2.73 bits per heavy atom. The molecule has 15 heavy (non-hydrogen) atoms. The molecule has 1 N–H and O–H groups in total. The second-order valence-electron chi connectivity index (χ2n) is 3.26. The summed E-state index contributed by atoms with van der Waals surface area (Å²) in [5.74, 6) is -3.89. The first-order chi connectivity index (χ1) is 6.98. The molecule has 0 saturated carbocycles. The molecule has 0 aliphatic carbocycles. The van der Waals surface area contributed by atoms with Gasteiger partial charge in [0, 0.05) is 6.20 Å². The molecule has 1 aromatic heterocycles. The van der Waals surface area contributed by atoms with Crippen molar-refractivity contribution in [2.45, 2.75) is 5.92 Å². The largest absolute Gasteiger partial charge is 0.477 e. The number of aromatic nitrogens is 2. The minimum Gasteiger partial charge on any atom is -0.477 e. The monoisotopic (exact) mass is 215 g/mol. The van der Waals surface area contributed by atoms with Crippen LogP contribution in [-0.2, 0) is 0 Å². The number of hydrogen-bond donors (Lipinski definition) is 1. The van der Waals surface area contributed by atoms with Gasteiger partial charge in [-0.15, -0.1) is 0 Å². The maximum Gasteiger partial charge on any atom is 0.354 e. The summed E-state index contributed by atoms with van der Waals surface area (Å²) in [7, 11) is 0. The molecule has 2 heterocycles. The zero-order valence-electron chi connectivity index (χ0n) is 7.52. The Hall–Kier alpha value is -1.79. The lowest BCUT2D eigenvalue weighted by atomic mass is 10.2.